The molecule has 4 rings (SSSR count). The van der Waals surface area contributed by atoms with Gasteiger partial charge in [-0.1, -0.05) is 12.2 Å². The molecule has 0 aromatic rings. The largest absolute Gasteiger partial charge is 0.481 e. The van der Waals surface area contributed by atoms with E-state index in [1.165, 1.54) is 4.90 Å². The van der Waals surface area contributed by atoms with Crippen LogP contribution >= 0.6 is 0 Å². The smallest absolute Gasteiger partial charge is 0.305 e. The van der Waals surface area contributed by atoms with Crippen molar-refractivity contribution in [3.8, 4) is 0 Å². The number of fused-ring (bicyclic) bond motifs is 1. The lowest BCUT2D eigenvalue weighted by Crippen LogP contribution is -2.38. The Balaban J connectivity index is 1.83. The number of likely N-dealkylation sites (tertiary alicyclic amines) is 1. The molecule has 0 spiro atoms. The molecule has 2 amide bonds. The molecule has 0 aromatic carbocycles. The lowest BCUT2D eigenvalue weighted by Gasteiger charge is -2.38. The maximum absolute atomic E-state index is 12.2. The molecule has 4 aliphatic rings. The zero-order chi connectivity index (χ0) is 12.9. The van der Waals surface area contributed by atoms with E-state index >= 15 is 0 Å². The van der Waals surface area contributed by atoms with E-state index in [4.69, 9.17) is 5.11 Å². The first-order valence-corrected chi connectivity index (χ1v) is 6.35. The van der Waals surface area contributed by atoms with Gasteiger partial charge < -0.3 is 5.11 Å². The van der Waals surface area contributed by atoms with Crippen molar-refractivity contribution in [2.75, 3.05) is 6.54 Å². The van der Waals surface area contributed by atoms with Crippen LogP contribution in [0.4, 0.5) is 0 Å². The summed E-state index contributed by atoms with van der Waals surface area (Å²) in [6.07, 6.45) is 5.88. The molecule has 2 fully saturated rings. The molecule has 1 N–H and O–H groups in total. The topological polar surface area (TPSA) is 74.7 Å². The Morgan fingerprint density at radius 3 is 2.06 bits per heavy atom. The Morgan fingerprint density at radius 1 is 1.17 bits per heavy atom. The van der Waals surface area contributed by atoms with Crippen molar-refractivity contribution in [2.24, 2.45) is 23.7 Å². The minimum absolute atomic E-state index is 0.0133. The standard InChI is InChI=1S/C13H15NO4/c15-9(16)5-6-14-12(17)10-7-1-2-8(4-3-7)11(10)13(14)18/h1-2,7-8,10-11H,3-6H2,(H,15,16)/t7-,8+,10-,11-/m1/s1. The number of carbonyl (C=O) groups excluding carboxylic acids is 2. The van der Waals surface area contributed by atoms with Gasteiger partial charge in [0.2, 0.25) is 11.8 Å². The quantitative estimate of drug-likeness (QED) is 0.589. The molecular weight excluding hydrogens is 234 g/mol. The highest BCUT2D eigenvalue weighted by Gasteiger charge is 2.56. The van der Waals surface area contributed by atoms with E-state index in [9.17, 15) is 14.4 Å². The minimum atomic E-state index is -0.980. The molecule has 0 aromatic heterocycles. The molecule has 96 valence electrons. The van der Waals surface area contributed by atoms with Gasteiger partial charge in [-0.25, -0.2) is 0 Å². The number of imide groups is 1. The average Bonchev–Trinajstić information content (AvgIpc) is 2.63. The van der Waals surface area contributed by atoms with E-state index in [2.05, 4.69) is 12.2 Å². The van der Waals surface area contributed by atoms with Gasteiger partial charge >= 0.3 is 5.97 Å². The summed E-state index contributed by atoms with van der Waals surface area (Å²) in [6.45, 7) is 0.0133. The zero-order valence-corrected chi connectivity index (χ0v) is 9.91. The summed E-state index contributed by atoms with van der Waals surface area (Å²) in [4.78, 5) is 36.2. The predicted octanol–water partition coefficient (Wildman–Crippen LogP) is 0.658. The normalized spacial score (nSPS) is 37.2. The van der Waals surface area contributed by atoms with E-state index in [1.807, 2.05) is 0 Å². The van der Waals surface area contributed by atoms with E-state index < -0.39 is 5.97 Å². The van der Waals surface area contributed by atoms with Gasteiger partial charge in [-0.3, -0.25) is 19.3 Å². The molecule has 4 atom stereocenters. The number of rotatable bonds is 3. The second kappa shape index (κ2) is 3.93. The summed E-state index contributed by atoms with van der Waals surface area (Å²) in [5.41, 5.74) is 0. The number of allylic oxidation sites excluding steroid dienone is 2. The van der Waals surface area contributed by atoms with Gasteiger partial charge in [0, 0.05) is 6.54 Å². The Bertz CT molecular complexity index is 424. The number of carbonyl (C=O) groups is 3. The number of aliphatic carboxylic acids is 1. The number of nitrogens with zero attached hydrogens (tertiary/aromatic N) is 1. The molecule has 1 saturated heterocycles. The van der Waals surface area contributed by atoms with Crippen molar-refractivity contribution in [3.05, 3.63) is 12.2 Å². The fraction of sp³-hybridized carbons (Fsp3) is 0.615. The molecule has 3 aliphatic carbocycles. The minimum Gasteiger partial charge on any atom is -0.481 e. The Labute approximate surface area is 104 Å². The summed E-state index contributed by atoms with van der Waals surface area (Å²) in [7, 11) is 0. The van der Waals surface area contributed by atoms with E-state index in [0.717, 1.165) is 12.8 Å². The molecule has 0 radical (unpaired) electrons. The van der Waals surface area contributed by atoms with Crippen LogP contribution in [0.2, 0.25) is 0 Å². The first-order chi connectivity index (χ1) is 8.59. The first kappa shape index (κ1) is 11.4. The summed E-state index contributed by atoms with van der Waals surface area (Å²) in [6, 6.07) is 0. The monoisotopic (exact) mass is 249 g/mol. The van der Waals surface area contributed by atoms with Crippen molar-refractivity contribution in [1.82, 2.24) is 4.90 Å². The Hall–Kier alpha value is -1.65. The maximum Gasteiger partial charge on any atom is 0.305 e. The molecular formula is C13H15NO4. The van der Waals surface area contributed by atoms with Crippen LogP contribution in [-0.4, -0.2) is 34.3 Å². The summed E-state index contributed by atoms with van der Waals surface area (Å²) >= 11 is 0. The van der Waals surface area contributed by atoms with Crippen LogP contribution in [0.1, 0.15) is 19.3 Å². The van der Waals surface area contributed by atoms with Crippen molar-refractivity contribution in [3.63, 3.8) is 0 Å². The highest BCUT2D eigenvalue weighted by molar-refractivity contribution is 6.06. The Kier molecular flexibility index (Phi) is 2.50. The zero-order valence-electron chi connectivity index (χ0n) is 9.91. The molecule has 5 nitrogen and oxygen atoms in total. The van der Waals surface area contributed by atoms with Gasteiger partial charge in [-0.2, -0.15) is 0 Å². The van der Waals surface area contributed by atoms with E-state index in [0.29, 0.717) is 0 Å². The third kappa shape index (κ3) is 1.50. The van der Waals surface area contributed by atoms with E-state index in [1.54, 1.807) is 0 Å². The number of amides is 2. The SMILES string of the molecule is O=C(O)CCN1C(=O)[C@H]2[C@H](C1=O)[C@H]1C=C[C@@H]2CC1. The van der Waals surface area contributed by atoms with Crippen LogP contribution in [0.5, 0.6) is 0 Å². The summed E-state index contributed by atoms with van der Waals surface area (Å²) < 4.78 is 0. The number of carboxylic acids is 1. The molecule has 1 aliphatic heterocycles. The fourth-order valence-corrected chi connectivity index (χ4v) is 3.56. The van der Waals surface area contributed by atoms with Crippen LogP contribution in [0.3, 0.4) is 0 Å². The fourth-order valence-electron chi connectivity index (χ4n) is 3.56. The average molecular weight is 249 g/mol. The lowest BCUT2D eigenvalue weighted by atomic mass is 9.63. The van der Waals surface area contributed by atoms with Gasteiger partial charge in [0.15, 0.2) is 0 Å². The van der Waals surface area contributed by atoms with Gasteiger partial charge in [0.1, 0.15) is 0 Å². The van der Waals surface area contributed by atoms with Crippen LogP contribution in [0, 0.1) is 23.7 Å². The first-order valence-electron chi connectivity index (χ1n) is 6.35. The highest BCUT2D eigenvalue weighted by atomic mass is 16.4. The van der Waals surface area contributed by atoms with Gasteiger partial charge in [0.05, 0.1) is 18.3 Å². The highest BCUT2D eigenvalue weighted by Crippen LogP contribution is 2.49. The number of hydrogen-bond donors (Lipinski definition) is 1. The molecule has 1 saturated carbocycles. The maximum atomic E-state index is 12.2. The van der Waals surface area contributed by atoms with E-state index in [-0.39, 0.29) is 48.5 Å². The summed E-state index contributed by atoms with van der Waals surface area (Å²) in [5.74, 6) is -1.41. The second-order valence-electron chi connectivity index (χ2n) is 5.31. The molecule has 2 bridgehead atoms. The van der Waals surface area contributed by atoms with Crippen LogP contribution in [0.25, 0.3) is 0 Å². The summed E-state index contributed by atoms with van der Waals surface area (Å²) in [5, 5.41) is 8.66. The molecule has 0 unspecified atom stereocenters. The molecule has 5 heteroatoms. The van der Waals surface area contributed by atoms with Gasteiger partial charge in [0.25, 0.3) is 0 Å². The van der Waals surface area contributed by atoms with Crippen LogP contribution in [-0.2, 0) is 14.4 Å². The van der Waals surface area contributed by atoms with Crippen molar-refractivity contribution in [1.29, 1.82) is 0 Å². The predicted molar refractivity (Wildman–Crippen MR) is 61.3 cm³/mol. The number of hydrogen-bond acceptors (Lipinski definition) is 3. The van der Waals surface area contributed by atoms with Gasteiger partial charge in [-0.15, -0.1) is 0 Å². The lowest BCUT2D eigenvalue weighted by molar-refractivity contribution is -0.142. The molecule has 1 heterocycles. The third-order valence-corrected chi connectivity index (χ3v) is 4.40. The van der Waals surface area contributed by atoms with Crippen LogP contribution < -0.4 is 0 Å². The third-order valence-electron chi connectivity index (χ3n) is 4.40. The number of carboxylic acid groups (broad SMARTS) is 1. The van der Waals surface area contributed by atoms with Crippen molar-refractivity contribution in [2.45, 2.75) is 19.3 Å². The van der Waals surface area contributed by atoms with Crippen molar-refractivity contribution >= 4 is 17.8 Å². The second-order valence-corrected chi connectivity index (χ2v) is 5.31. The molecule has 18 heavy (non-hydrogen) atoms. The van der Waals surface area contributed by atoms with Crippen molar-refractivity contribution < 1.29 is 19.5 Å². The Morgan fingerprint density at radius 2 is 1.67 bits per heavy atom. The van der Waals surface area contributed by atoms with Gasteiger partial charge in [-0.05, 0) is 24.7 Å². The van der Waals surface area contributed by atoms with Crippen LogP contribution in [0.15, 0.2) is 12.2 Å².